The number of benzene rings is 2. The van der Waals surface area contributed by atoms with E-state index < -0.39 is 13.7 Å². The molecule has 1 amide bonds. The molecule has 1 aliphatic heterocycles. The van der Waals surface area contributed by atoms with E-state index in [1.165, 1.54) is 0 Å². The van der Waals surface area contributed by atoms with Gasteiger partial charge >= 0.3 is 6.09 Å². The van der Waals surface area contributed by atoms with Crippen LogP contribution in [-0.2, 0) is 16.2 Å². The van der Waals surface area contributed by atoms with E-state index in [-0.39, 0.29) is 12.1 Å². The lowest BCUT2D eigenvalue weighted by Gasteiger charge is -2.27. The molecule has 0 bridgehead atoms. The average molecular weight is 586 g/mol. The van der Waals surface area contributed by atoms with Crippen LogP contribution in [0.1, 0.15) is 45.5 Å². The van der Waals surface area contributed by atoms with Crippen molar-refractivity contribution in [1.29, 1.82) is 0 Å². The second kappa shape index (κ2) is 12.3. The fraction of sp³-hybridized carbons (Fsp3) is 0.424. The van der Waals surface area contributed by atoms with E-state index in [0.29, 0.717) is 13.3 Å². The molecule has 1 atom stereocenters. The third kappa shape index (κ3) is 7.38. The maximum Gasteiger partial charge on any atom is 0.410 e. The van der Waals surface area contributed by atoms with Gasteiger partial charge in [0.25, 0.3) is 0 Å². The number of carbonyl (C=O) groups excluding carboxylic acids is 1. The molecule has 5 rings (SSSR count). The van der Waals surface area contributed by atoms with Crippen LogP contribution in [0.3, 0.4) is 0 Å². The molecule has 1 saturated heterocycles. The summed E-state index contributed by atoms with van der Waals surface area (Å²) >= 11 is 0. The maximum absolute atomic E-state index is 12.7. The van der Waals surface area contributed by atoms with E-state index in [4.69, 9.17) is 9.47 Å². The average Bonchev–Trinajstić information content (AvgIpc) is 3.70. The van der Waals surface area contributed by atoms with Gasteiger partial charge in [-0.2, -0.15) is 0 Å². The van der Waals surface area contributed by atoms with Crippen molar-refractivity contribution in [3.63, 3.8) is 0 Å². The molecule has 9 heteroatoms. The number of H-pyrrole nitrogens is 1. The van der Waals surface area contributed by atoms with Crippen molar-refractivity contribution in [2.24, 2.45) is 0 Å². The molecule has 1 N–H and O–H groups in total. The van der Waals surface area contributed by atoms with E-state index in [1.54, 1.807) is 4.90 Å². The Morgan fingerprint density at radius 3 is 2.26 bits per heavy atom. The number of imidazole rings is 2. The van der Waals surface area contributed by atoms with Crippen LogP contribution in [0.25, 0.3) is 33.6 Å². The number of ether oxygens (including phenoxy) is 2. The molecule has 3 heterocycles. The van der Waals surface area contributed by atoms with Gasteiger partial charge in [0.2, 0.25) is 0 Å². The predicted molar refractivity (Wildman–Crippen MR) is 170 cm³/mol. The van der Waals surface area contributed by atoms with Gasteiger partial charge in [-0.05, 0) is 61.9 Å². The topological polar surface area (TPSA) is 85.3 Å². The molecule has 0 aliphatic carbocycles. The standard InChI is InChI=1S/C33H43N5O3Si/c1-33(2,3)41-32(39)38-17-7-8-29(38)31-35-20-28(36-31)26-13-9-24(10-14-26)25-11-15-27(16-12-25)30-21-34-22-37(30)23-40-18-19-42(4,5)6/h9-16,20-22,29H,7-8,17-19,23H2,1-6H3,(H,35,36)/t29-/m0/s1. The Morgan fingerprint density at radius 1 is 0.976 bits per heavy atom. The zero-order chi connectivity index (χ0) is 29.9. The van der Waals surface area contributed by atoms with Gasteiger partial charge < -0.3 is 19.0 Å². The van der Waals surface area contributed by atoms with Crippen LogP contribution in [0.5, 0.6) is 0 Å². The first-order valence-corrected chi connectivity index (χ1v) is 18.5. The zero-order valence-electron chi connectivity index (χ0n) is 25.7. The summed E-state index contributed by atoms with van der Waals surface area (Å²) in [6.07, 6.45) is 7.09. The summed E-state index contributed by atoms with van der Waals surface area (Å²) in [6.45, 7) is 14.7. The highest BCUT2D eigenvalue weighted by atomic mass is 28.3. The number of likely N-dealkylation sites (tertiary alicyclic amines) is 1. The Morgan fingerprint density at radius 2 is 1.62 bits per heavy atom. The summed E-state index contributed by atoms with van der Waals surface area (Å²) < 4.78 is 13.6. The molecule has 1 aliphatic rings. The van der Waals surface area contributed by atoms with Crippen molar-refractivity contribution < 1.29 is 14.3 Å². The van der Waals surface area contributed by atoms with Crippen LogP contribution in [0.2, 0.25) is 25.7 Å². The fourth-order valence-corrected chi connectivity index (χ4v) is 5.88. The van der Waals surface area contributed by atoms with Gasteiger partial charge in [0.05, 0.1) is 36.2 Å². The lowest BCUT2D eigenvalue weighted by molar-refractivity contribution is 0.0218. The number of amides is 1. The summed E-state index contributed by atoms with van der Waals surface area (Å²) in [5.74, 6) is 0.800. The number of carbonyl (C=O) groups is 1. The number of nitrogens with one attached hydrogen (secondary N) is 1. The van der Waals surface area contributed by atoms with E-state index in [1.807, 2.05) is 39.5 Å². The van der Waals surface area contributed by atoms with Crippen LogP contribution >= 0.6 is 0 Å². The number of hydrogen-bond acceptors (Lipinski definition) is 5. The molecular weight excluding hydrogens is 542 g/mol. The largest absolute Gasteiger partial charge is 0.444 e. The van der Waals surface area contributed by atoms with Crippen LogP contribution in [0.15, 0.2) is 67.3 Å². The molecule has 2 aromatic carbocycles. The summed E-state index contributed by atoms with van der Waals surface area (Å²) in [6, 6.07) is 18.1. The molecular formula is C33H43N5O3Si. The Balaban J connectivity index is 1.23. The van der Waals surface area contributed by atoms with Gasteiger partial charge in [-0.1, -0.05) is 68.2 Å². The Bertz CT molecular complexity index is 1480. The third-order valence-corrected chi connectivity index (χ3v) is 9.15. The first kappa shape index (κ1) is 29.8. The van der Waals surface area contributed by atoms with Crippen LogP contribution in [0.4, 0.5) is 4.79 Å². The Hall–Kier alpha value is -3.69. The number of nitrogens with zero attached hydrogens (tertiary/aromatic N) is 4. The monoisotopic (exact) mass is 585 g/mol. The first-order valence-electron chi connectivity index (χ1n) is 14.8. The van der Waals surface area contributed by atoms with E-state index >= 15 is 0 Å². The minimum Gasteiger partial charge on any atom is -0.444 e. The van der Waals surface area contributed by atoms with Crippen molar-refractivity contribution in [3.05, 3.63) is 73.1 Å². The second-order valence-electron chi connectivity index (χ2n) is 13.3. The highest BCUT2D eigenvalue weighted by Crippen LogP contribution is 2.33. The van der Waals surface area contributed by atoms with Crippen LogP contribution < -0.4 is 0 Å². The van der Waals surface area contributed by atoms with Crippen LogP contribution in [-0.4, -0.2) is 57.3 Å². The van der Waals surface area contributed by atoms with Gasteiger partial charge in [0.15, 0.2) is 0 Å². The number of aromatic nitrogens is 4. The van der Waals surface area contributed by atoms with Crippen molar-refractivity contribution >= 4 is 14.2 Å². The lowest BCUT2D eigenvalue weighted by Crippen LogP contribution is -2.36. The Labute approximate surface area is 250 Å². The predicted octanol–water partition coefficient (Wildman–Crippen LogP) is 7.99. The number of rotatable bonds is 9. The molecule has 0 unspecified atom stereocenters. The molecule has 0 spiro atoms. The second-order valence-corrected chi connectivity index (χ2v) is 18.9. The van der Waals surface area contributed by atoms with E-state index in [0.717, 1.165) is 65.0 Å². The quantitative estimate of drug-likeness (QED) is 0.159. The molecule has 0 saturated carbocycles. The molecule has 4 aromatic rings. The summed E-state index contributed by atoms with van der Waals surface area (Å²) in [7, 11) is -1.11. The van der Waals surface area contributed by atoms with Gasteiger partial charge in [0.1, 0.15) is 18.2 Å². The normalized spacial score (nSPS) is 15.8. The van der Waals surface area contributed by atoms with Gasteiger partial charge in [-0.25, -0.2) is 14.8 Å². The van der Waals surface area contributed by atoms with E-state index in [2.05, 4.69) is 87.7 Å². The van der Waals surface area contributed by atoms with Crippen LogP contribution in [0, 0.1) is 0 Å². The third-order valence-electron chi connectivity index (χ3n) is 7.44. The van der Waals surface area contributed by atoms with Crippen molar-refractivity contribution in [1.82, 2.24) is 24.4 Å². The highest BCUT2D eigenvalue weighted by Gasteiger charge is 2.34. The van der Waals surface area contributed by atoms with E-state index in [9.17, 15) is 4.79 Å². The molecule has 42 heavy (non-hydrogen) atoms. The van der Waals surface area contributed by atoms with Crippen molar-refractivity contribution in [2.75, 3.05) is 13.2 Å². The number of aromatic amines is 1. The minimum atomic E-state index is -1.11. The fourth-order valence-electron chi connectivity index (χ4n) is 5.12. The molecule has 222 valence electrons. The summed E-state index contributed by atoms with van der Waals surface area (Å²) in [5, 5.41) is 0. The molecule has 0 radical (unpaired) electrons. The number of hydrogen-bond donors (Lipinski definition) is 1. The smallest absolute Gasteiger partial charge is 0.410 e. The molecule has 1 fully saturated rings. The van der Waals surface area contributed by atoms with Gasteiger partial charge in [0, 0.05) is 21.2 Å². The SMILES string of the molecule is CC(C)(C)OC(=O)N1CCC[C@H]1c1ncc(-c2ccc(-c3ccc(-c4cncn4COCC[Si](C)(C)C)cc3)cc2)[nH]1. The lowest BCUT2D eigenvalue weighted by atomic mass is 10.0. The molecule has 8 nitrogen and oxygen atoms in total. The molecule has 2 aromatic heterocycles. The summed E-state index contributed by atoms with van der Waals surface area (Å²) in [4.78, 5) is 27.0. The Kier molecular flexibility index (Phi) is 8.70. The maximum atomic E-state index is 12.7. The van der Waals surface area contributed by atoms with Crippen molar-refractivity contribution in [3.8, 4) is 33.6 Å². The first-order chi connectivity index (χ1) is 20.0. The highest BCUT2D eigenvalue weighted by molar-refractivity contribution is 6.76. The van der Waals surface area contributed by atoms with Crippen molar-refractivity contribution in [2.45, 2.75) is 77.7 Å². The van der Waals surface area contributed by atoms with Gasteiger partial charge in [-0.15, -0.1) is 0 Å². The summed E-state index contributed by atoms with van der Waals surface area (Å²) in [5.41, 5.74) is 5.90. The van der Waals surface area contributed by atoms with Gasteiger partial charge in [-0.3, -0.25) is 4.90 Å². The zero-order valence-corrected chi connectivity index (χ0v) is 26.7. The minimum absolute atomic E-state index is 0.0978.